The Morgan fingerprint density at radius 1 is 0.933 bits per heavy atom. The van der Waals surface area contributed by atoms with Crippen molar-refractivity contribution in [2.75, 3.05) is 7.05 Å². The molecule has 1 aromatic rings. The van der Waals surface area contributed by atoms with Gasteiger partial charge in [-0.2, -0.15) is 0 Å². The number of aldehydes is 1. The minimum Gasteiger partial charge on any atom is -0.461 e. The van der Waals surface area contributed by atoms with Gasteiger partial charge in [0.1, 0.15) is 36.5 Å². The molecule has 8 fully saturated rings. The first-order valence-electron chi connectivity index (χ1n) is 15.4. The van der Waals surface area contributed by atoms with E-state index in [1.807, 2.05) is 14.0 Å². The number of rotatable bonds is 6. The van der Waals surface area contributed by atoms with Crippen molar-refractivity contribution in [3.8, 4) is 0 Å². The lowest BCUT2D eigenvalue weighted by atomic mass is 9.38. The SMILES string of the molecule is C=C1[C@@H]2C(=O)C3[C@H]4N(C)[C@@H]5C[C@@]3(C([C@H]2OC(C)=O)[C@@]42[C@@H]5[C@@](C)(C=O)C[C@@H](OC(=O)c3ccccc3)[C@@H]2OC(C)=O)[C@H]1OC(C)=O. The highest BCUT2D eigenvalue weighted by atomic mass is 16.6. The fourth-order valence-corrected chi connectivity index (χ4v) is 11.5. The Morgan fingerprint density at radius 3 is 2.18 bits per heavy atom. The number of ketones is 1. The highest BCUT2D eigenvalue weighted by molar-refractivity contribution is 5.94. The number of hydrogen-bond donors (Lipinski definition) is 0. The molecule has 238 valence electrons. The maximum absolute atomic E-state index is 14.6. The summed E-state index contributed by atoms with van der Waals surface area (Å²) in [7, 11) is 1.90. The molecule has 2 aliphatic heterocycles. The monoisotopic (exact) mass is 619 g/mol. The second-order valence-electron chi connectivity index (χ2n) is 14.1. The number of piperidine rings is 1. The smallest absolute Gasteiger partial charge is 0.338 e. The average Bonchev–Trinajstić information content (AvgIpc) is 3.23. The first-order valence-corrected chi connectivity index (χ1v) is 15.4. The van der Waals surface area contributed by atoms with Gasteiger partial charge in [0.25, 0.3) is 0 Å². The van der Waals surface area contributed by atoms with Gasteiger partial charge in [-0.1, -0.05) is 31.7 Å². The third-order valence-electron chi connectivity index (χ3n) is 12.1. The summed E-state index contributed by atoms with van der Waals surface area (Å²) in [6.45, 7) is 9.89. The number of Topliss-reactive ketones (excluding diaryl/α,β-unsaturated/α-hetero) is 1. The largest absolute Gasteiger partial charge is 0.461 e. The normalized spacial score (nSPS) is 45.1. The van der Waals surface area contributed by atoms with Gasteiger partial charge in [0, 0.05) is 67.4 Å². The molecular formula is C34H37NO10. The lowest BCUT2D eigenvalue weighted by Crippen LogP contribution is -2.76. The molecule has 13 atom stereocenters. The lowest BCUT2D eigenvalue weighted by Gasteiger charge is -2.68. The molecule has 7 bridgehead atoms. The lowest BCUT2D eigenvalue weighted by molar-refractivity contribution is -0.260. The molecule has 0 aromatic heterocycles. The fourth-order valence-electron chi connectivity index (χ4n) is 11.5. The molecule has 0 amide bonds. The van der Waals surface area contributed by atoms with E-state index in [0.29, 0.717) is 12.0 Å². The van der Waals surface area contributed by atoms with Crippen molar-refractivity contribution in [1.82, 2.24) is 4.90 Å². The summed E-state index contributed by atoms with van der Waals surface area (Å²) in [5.74, 6) is -5.39. The van der Waals surface area contributed by atoms with Crippen LogP contribution < -0.4 is 0 Å². The molecular weight excluding hydrogens is 582 g/mol. The molecule has 0 N–H and O–H groups in total. The molecule has 2 unspecified atom stereocenters. The Morgan fingerprint density at radius 2 is 1.58 bits per heavy atom. The van der Waals surface area contributed by atoms with E-state index >= 15 is 0 Å². The number of ether oxygens (including phenoxy) is 4. The van der Waals surface area contributed by atoms with Crippen LogP contribution in [0, 0.1) is 39.9 Å². The molecule has 8 aliphatic rings. The van der Waals surface area contributed by atoms with E-state index in [9.17, 15) is 28.8 Å². The summed E-state index contributed by atoms with van der Waals surface area (Å²) in [6.07, 6.45) is -2.69. The second-order valence-corrected chi connectivity index (χ2v) is 14.1. The van der Waals surface area contributed by atoms with Crippen LogP contribution in [-0.4, -0.2) is 84.4 Å². The predicted octanol–water partition coefficient (Wildman–Crippen LogP) is 2.31. The van der Waals surface area contributed by atoms with Crippen molar-refractivity contribution in [2.24, 2.45) is 39.9 Å². The minimum absolute atomic E-state index is 0.0799. The zero-order chi connectivity index (χ0) is 32.4. The van der Waals surface area contributed by atoms with Gasteiger partial charge in [-0.05, 0) is 37.1 Å². The van der Waals surface area contributed by atoms with Crippen LogP contribution in [0.4, 0.5) is 0 Å². The molecule has 1 aromatic carbocycles. The van der Waals surface area contributed by atoms with Gasteiger partial charge in [0.2, 0.25) is 0 Å². The molecule has 2 heterocycles. The van der Waals surface area contributed by atoms with E-state index in [2.05, 4.69) is 11.5 Å². The maximum Gasteiger partial charge on any atom is 0.338 e. The molecule has 45 heavy (non-hydrogen) atoms. The number of carbonyl (C=O) groups is 6. The third kappa shape index (κ3) is 3.50. The summed E-state index contributed by atoms with van der Waals surface area (Å²) in [4.78, 5) is 81.7. The Labute approximate surface area is 260 Å². The van der Waals surface area contributed by atoms with Crippen LogP contribution in [0.15, 0.2) is 42.5 Å². The first-order chi connectivity index (χ1) is 21.2. The number of hydrogen-bond acceptors (Lipinski definition) is 11. The highest BCUT2D eigenvalue weighted by Gasteiger charge is 2.93. The number of nitrogens with zero attached hydrogens (tertiary/aromatic N) is 1. The number of benzene rings is 1. The first kappa shape index (κ1) is 29.8. The van der Waals surface area contributed by atoms with Crippen molar-refractivity contribution in [3.63, 3.8) is 0 Å². The zero-order valence-electron chi connectivity index (χ0n) is 25.9. The fraction of sp³-hybridized carbons (Fsp3) is 0.588. The Kier molecular flexibility index (Phi) is 6.35. The number of esters is 4. The second kappa shape index (κ2) is 9.57. The molecule has 0 radical (unpaired) electrons. The zero-order valence-corrected chi connectivity index (χ0v) is 25.9. The van der Waals surface area contributed by atoms with Gasteiger partial charge in [-0.25, -0.2) is 4.79 Å². The van der Waals surface area contributed by atoms with Gasteiger partial charge < -0.3 is 23.7 Å². The van der Waals surface area contributed by atoms with Crippen LogP contribution in [-0.2, 0) is 42.9 Å². The van der Waals surface area contributed by atoms with Crippen molar-refractivity contribution in [1.29, 1.82) is 0 Å². The van der Waals surface area contributed by atoms with E-state index in [1.165, 1.54) is 20.8 Å². The summed E-state index contributed by atoms with van der Waals surface area (Å²) >= 11 is 0. The van der Waals surface area contributed by atoms with Crippen LogP contribution in [0.25, 0.3) is 0 Å². The Balaban J connectivity index is 1.49. The molecule has 11 heteroatoms. The van der Waals surface area contributed by atoms with Crippen molar-refractivity contribution >= 4 is 35.9 Å². The Hall–Kier alpha value is -3.86. The van der Waals surface area contributed by atoms with Crippen molar-refractivity contribution in [2.45, 2.75) is 77.0 Å². The number of fused-ring (bicyclic) bond motifs is 1. The summed E-state index contributed by atoms with van der Waals surface area (Å²) in [5, 5.41) is 0. The van der Waals surface area contributed by atoms with E-state index in [0.717, 1.165) is 6.29 Å². The van der Waals surface area contributed by atoms with E-state index in [1.54, 1.807) is 30.3 Å². The van der Waals surface area contributed by atoms with Gasteiger partial charge in [0.15, 0.2) is 0 Å². The average molecular weight is 620 g/mol. The minimum atomic E-state index is -1.19. The molecule has 6 saturated carbocycles. The van der Waals surface area contributed by atoms with Crippen molar-refractivity contribution in [3.05, 3.63) is 48.0 Å². The molecule has 2 spiro atoms. The van der Waals surface area contributed by atoms with E-state index < -0.39 is 94.3 Å². The van der Waals surface area contributed by atoms with Gasteiger partial charge in [-0.3, -0.25) is 24.1 Å². The molecule has 2 saturated heterocycles. The van der Waals surface area contributed by atoms with E-state index in [-0.39, 0.29) is 23.8 Å². The van der Waals surface area contributed by atoms with Crippen LogP contribution >= 0.6 is 0 Å². The quantitative estimate of drug-likeness (QED) is 0.200. The predicted molar refractivity (Wildman–Crippen MR) is 154 cm³/mol. The topological polar surface area (TPSA) is 143 Å². The highest BCUT2D eigenvalue weighted by Crippen LogP contribution is 2.84. The van der Waals surface area contributed by atoms with E-state index in [4.69, 9.17) is 18.9 Å². The van der Waals surface area contributed by atoms with Crippen LogP contribution in [0.3, 0.4) is 0 Å². The summed E-state index contributed by atoms with van der Waals surface area (Å²) in [6, 6.07) is 7.52. The van der Waals surface area contributed by atoms with Crippen molar-refractivity contribution < 1.29 is 47.7 Å². The van der Waals surface area contributed by atoms with Gasteiger partial charge >= 0.3 is 23.9 Å². The third-order valence-corrected chi connectivity index (χ3v) is 12.1. The standard InChI is InChI=1S/C34H37NO10/c1-15-22-24(40)23-28-34-26(20(35(28)6)12-33(23,29(15)43-17(3)38)27(34)25(22)42-16(2)37)32(5,14-36)13-21(30(34)44-18(4)39)45-31(41)19-10-8-7-9-11-19/h7-11,14,20-23,25-30H,1,12-13H2,2-6H3/t20-,21-,22-,23?,25+,26+,27?,28-,29+,30+,32-,33-,34+/m1/s1. The number of carbonyl (C=O) groups excluding carboxylic acids is 6. The molecule has 9 rings (SSSR count). The summed E-state index contributed by atoms with van der Waals surface area (Å²) in [5.41, 5.74) is -2.64. The van der Waals surface area contributed by atoms with Crippen LogP contribution in [0.2, 0.25) is 0 Å². The van der Waals surface area contributed by atoms with Gasteiger partial charge in [-0.15, -0.1) is 0 Å². The van der Waals surface area contributed by atoms with Gasteiger partial charge in [0.05, 0.1) is 11.5 Å². The molecule has 11 nitrogen and oxygen atoms in total. The summed E-state index contributed by atoms with van der Waals surface area (Å²) < 4.78 is 24.5. The Bertz CT molecular complexity index is 1560. The van der Waals surface area contributed by atoms with Crippen LogP contribution in [0.1, 0.15) is 50.9 Å². The molecule has 6 aliphatic carbocycles. The van der Waals surface area contributed by atoms with Crippen LogP contribution in [0.5, 0.6) is 0 Å². The maximum atomic E-state index is 14.6.